The van der Waals surface area contributed by atoms with Crippen LogP contribution in [0.15, 0.2) is 36.5 Å². The SMILES string of the molecule is C=C(C)C(=O)OCCOCC(COCCOC(=O)C(=C)C)(COCCOC(=O)C(=C)C)COC(=O)NCCC[Si](OCC)(OCC)OCC. The summed E-state index contributed by atoms with van der Waals surface area (Å²) in [7, 11) is -2.87. The lowest BCUT2D eigenvalue weighted by Crippen LogP contribution is -2.46. The summed E-state index contributed by atoms with van der Waals surface area (Å²) in [6.07, 6.45) is -0.168. The molecule has 0 fully saturated rings. The van der Waals surface area contributed by atoms with Crippen molar-refractivity contribution in [2.24, 2.45) is 5.41 Å². The fourth-order valence-corrected chi connectivity index (χ4v) is 6.44. The van der Waals surface area contributed by atoms with E-state index in [9.17, 15) is 19.2 Å². The first-order valence-electron chi connectivity index (χ1n) is 16.3. The number of ether oxygens (including phenoxy) is 7. The summed E-state index contributed by atoms with van der Waals surface area (Å²) in [5.74, 6) is -1.67. The first-order valence-corrected chi connectivity index (χ1v) is 18.2. The standard InChI is InChI=1S/C33H57NO14Si/c1-10-46-49(47-11-2,48-12-3)21-13-14-34-32(38)45-25-33(22-39-15-18-42-29(35)26(4)5,23-40-16-19-43-30(36)27(6)7)24-41-17-20-44-31(37)28(8)9/h4,6,8,10-25H2,1-3,5,7,9H3,(H,34,38). The Bertz CT molecular complexity index is 945. The van der Waals surface area contributed by atoms with E-state index in [0.717, 1.165) is 0 Å². The lowest BCUT2D eigenvalue weighted by Gasteiger charge is -2.32. The van der Waals surface area contributed by atoms with Gasteiger partial charge in [0.25, 0.3) is 0 Å². The molecule has 282 valence electrons. The van der Waals surface area contributed by atoms with Gasteiger partial charge < -0.3 is 51.8 Å². The second kappa shape index (κ2) is 26.7. The predicted molar refractivity (Wildman–Crippen MR) is 182 cm³/mol. The first-order chi connectivity index (χ1) is 23.3. The van der Waals surface area contributed by atoms with Gasteiger partial charge in [0.2, 0.25) is 0 Å². The average Bonchev–Trinajstić information content (AvgIpc) is 3.05. The molecule has 15 nitrogen and oxygen atoms in total. The summed E-state index contributed by atoms with van der Waals surface area (Å²) in [5.41, 5.74) is -0.334. The molecule has 0 atom stereocenters. The van der Waals surface area contributed by atoms with Crippen LogP contribution < -0.4 is 5.32 Å². The number of rotatable bonds is 30. The van der Waals surface area contributed by atoms with Gasteiger partial charge in [-0.3, -0.25) is 0 Å². The van der Waals surface area contributed by atoms with Gasteiger partial charge in [-0.15, -0.1) is 0 Å². The summed E-state index contributed by atoms with van der Waals surface area (Å²) >= 11 is 0. The number of hydrogen-bond donors (Lipinski definition) is 1. The minimum Gasteiger partial charge on any atom is -0.460 e. The molecule has 0 spiro atoms. The molecule has 0 aromatic rings. The summed E-state index contributed by atoms with van der Waals surface area (Å²) in [6, 6.07) is 0.504. The molecule has 0 aliphatic carbocycles. The quantitative estimate of drug-likeness (QED) is 0.0376. The predicted octanol–water partition coefficient (Wildman–Crippen LogP) is 3.55. The van der Waals surface area contributed by atoms with Crippen molar-refractivity contribution in [2.75, 3.05) is 92.4 Å². The minimum atomic E-state index is -2.87. The number of carbonyl (C=O) groups excluding carboxylic acids is 4. The number of carbonyl (C=O) groups is 4. The van der Waals surface area contributed by atoms with E-state index in [0.29, 0.717) is 32.3 Å². The van der Waals surface area contributed by atoms with Gasteiger partial charge in [-0.1, -0.05) is 19.7 Å². The number of esters is 3. The molecule has 49 heavy (non-hydrogen) atoms. The van der Waals surface area contributed by atoms with Crippen LogP contribution in [0.4, 0.5) is 4.79 Å². The molecule has 0 aromatic carbocycles. The third kappa shape index (κ3) is 21.5. The maximum atomic E-state index is 12.8. The van der Waals surface area contributed by atoms with Gasteiger partial charge in [0.05, 0.1) is 45.1 Å². The Morgan fingerprint density at radius 1 is 0.571 bits per heavy atom. The highest BCUT2D eigenvalue weighted by atomic mass is 28.4. The lowest BCUT2D eigenvalue weighted by atomic mass is 9.92. The van der Waals surface area contributed by atoms with Gasteiger partial charge in [0.1, 0.15) is 26.4 Å². The zero-order chi connectivity index (χ0) is 37.1. The summed E-state index contributed by atoms with van der Waals surface area (Å²) in [5, 5.41) is 2.73. The van der Waals surface area contributed by atoms with Crippen LogP contribution in [0, 0.1) is 5.41 Å². The van der Waals surface area contributed by atoms with Crippen molar-refractivity contribution in [1.29, 1.82) is 0 Å². The molecule has 0 saturated heterocycles. The third-order valence-electron chi connectivity index (χ3n) is 6.18. The molecule has 0 saturated carbocycles. The molecular formula is C33H57NO14Si. The summed E-state index contributed by atoms with van der Waals surface area (Å²) < 4.78 is 55.9. The van der Waals surface area contributed by atoms with Crippen molar-refractivity contribution in [3.05, 3.63) is 36.5 Å². The van der Waals surface area contributed by atoms with Gasteiger partial charge in [-0.05, 0) is 48.0 Å². The van der Waals surface area contributed by atoms with E-state index in [-0.39, 0.29) is 89.3 Å². The zero-order valence-electron chi connectivity index (χ0n) is 30.2. The topological polar surface area (TPSA) is 173 Å². The van der Waals surface area contributed by atoms with Crippen molar-refractivity contribution in [3.63, 3.8) is 0 Å². The summed E-state index contributed by atoms with van der Waals surface area (Å²) in [6.45, 7) is 22.0. The van der Waals surface area contributed by atoms with Crippen LogP contribution in [0.25, 0.3) is 0 Å². The first kappa shape index (κ1) is 45.9. The van der Waals surface area contributed by atoms with E-state index in [1.165, 1.54) is 20.8 Å². The van der Waals surface area contributed by atoms with Crippen molar-refractivity contribution >= 4 is 32.8 Å². The van der Waals surface area contributed by atoms with Crippen molar-refractivity contribution in [2.45, 2.75) is 54.0 Å². The Kier molecular flexibility index (Phi) is 25.0. The maximum Gasteiger partial charge on any atom is 0.500 e. The number of nitrogens with one attached hydrogen (secondary N) is 1. The molecule has 0 bridgehead atoms. The van der Waals surface area contributed by atoms with Gasteiger partial charge in [0.15, 0.2) is 0 Å². The molecule has 0 aliphatic heterocycles. The molecule has 0 unspecified atom stereocenters. The third-order valence-corrected chi connectivity index (χ3v) is 9.34. The highest BCUT2D eigenvalue weighted by Crippen LogP contribution is 2.22. The molecule has 0 rings (SSSR count). The Morgan fingerprint density at radius 2 is 0.939 bits per heavy atom. The summed E-state index contributed by atoms with van der Waals surface area (Å²) in [4.78, 5) is 48.0. The van der Waals surface area contributed by atoms with Gasteiger partial charge in [0, 0.05) is 49.1 Å². The number of amides is 1. The molecular weight excluding hydrogens is 662 g/mol. The maximum absolute atomic E-state index is 12.8. The minimum absolute atomic E-state index is 0.0184. The average molecular weight is 720 g/mol. The zero-order valence-corrected chi connectivity index (χ0v) is 31.2. The van der Waals surface area contributed by atoms with Crippen LogP contribution in [0.5, 0.6) is 0 Å². The van der Waals surface area contributed by atoms with Crippen LogP contribution in [0.1, 0.15) is 48.0 Å². The van der Waals surface area contributed by atoms with Crippen LogP contribution in [-0.4, -0.2) is 125 Å². The molecule has 0 radical (unpaired) electrons. The normalized spacial score (nSPS) is 11.4. The lowest BCUT2D eigenvalue weighted by molar-refractivity contribution is -0.144. The van der Waals surface area contributed by atoms with E-state index >= 15 is 0 Å². The van der Waals surface area contributed by atoms with E-state index in [1.807, 2.05) is 20.8 Å². The van der Waals surface area contributed by atoms with Crippen LogP contribution in [0.2, 0.25) is 6.04 Å². The van der Waals surface area contributed by atoms with Crippen LogP contribution >= 0.6 is 0 Å². The van der Waals surface area contributed by atoms with Crippen LogP contribution in [0.3, 0.4) is 0 Å². The molecule has 0 aliphatic rings. The van der Waals surface area contributed by atoms with E-state index < -0.39 is 38.2 Å². The Balaban J connectivity index is 5.56. The molecule has 0 aromatic heterocycles. The number of alkyl carbamates (subject to hydrolysis) is 1. The Hall–Kier alpha value is -3.12. The van der Waals surface area contributed by atoms with E-state index in [1.54, 1.807) is 0 Å². The van der Waals surface area contributed by atoms with Gasteiger partial charge in [-0.25, -0.2) is 19.2 Å². The van der Waals surface area contributed by atoms with E-state index in [4.69, 9.17) is 46.4 Å². The second-order valence-corrected chi connectivity index (χ2v) is 13.7. The molecule has 1 N–H and O–H groups in total. The fourth-order valence-electron chi connectivity index (χ4n) is 3.83. The van der Waals surface area contributed by atoms with Gasteiger partial charge >= 0.3 is 32.8 Å². The highest BCUT2D eigenvalue weighted by molar-refractivity contribution is 6.60. The van der Waals surface area contributed by atoms with Crippen molar-refractivity contribution < 1.29 is 65.6 Å². The molecule has 0 heterocycles. The molecule has 1 amide bonds. The fraction of sp³-hybridized carbons (Fsp3) is 0.697. The van der Waals surface area contributed by atoms with E-state index in [2.05, 4.69) is 25.1 Å². The Labute approximate surface area is 291 Å². The van der Waals surface area contributed by atoms with Gasteiger partial charge in [-0.2, -0.15) is 0 Å². The monoisotopic (exact) mass is 719 g/mol. The largest absolute Gasteiger partial charge is 0.500 e. The highest BCUT2D eigenvalue weighted by Gasteiger charge is 2.40. The van der Waals surface area contributed by atoms with Crippen molar-refractivity contribution in [1.82, 2.24) is 5.32 Å². The van der Waals surface area contributed by atoms with Crippen molar-refractivity contribution in [3.8, 4) is 0 Å². The number of hydrogen-bond acceptors (Lipinski definition) is 14. The Morgan fingerprint density at radius 3 is 1.27 bits per heavy atom. The molecule has 16 heteroatoms. The smallest absolute Gasteiger partial charge is 0.460 e. The second-order valence-electron chi connectivity index (χ2n) is 11.0. The van der Waals surface area contributed by atoms with Crippen LogP contribution in [-0.2, 0) is 60.8 Å².